The van der Waals surface area contributed by atoms with Crippen LogP contribution in [0.5, 0.6) is 5.75 Å². The van der Waals surface area contributed by atoms with E-state index in [0.29, 0.717) is 6.54 Å². The Morgan fingerprint density at radius 3 is 2.52 bits per heavy atom. The molecule has 0 bridgehead atoms. The molecule has 5 heteroatoms. The highest BCUT2D eigenvalue weighted by molar-refractivity contribution is 5.58. The molecule has 1 atom stereocenters. The Bertz CT molecular complexity index is 738. The minimum absolute atomic E-state index is 0.221. The summed E-state index contributed by atoms with van der Waals surface area (Å²) >= 11 is 0. The van der Waals surface area contributed by atoms with E-state index < -0.39 is 6.10 Å². The number of aliphatic hydroxyl groups is 1. The number of hydrogen-bond donors (Lipinski definition) is 1. The topological polar surface area (TPSA) is 60.2 Å². The highest BCUT2D eigenvalue weighted by Gasteiger charge is 2.11. The molecule has 3 aromatic rings. The number of rotatable bonds is 6. The molecule has 2 aromatic heterocycles. The van der Waals surface area contributed by atoms with Crippen LogP contribution in [0.2, 0.25) is 0 Å². The van der Waals surface area contributed by atoms with Crippen LogP contribution in [0.15, 0.2) is 61.1 Å². The largest absolute Gasteiger partial charge is 0.491 e. The first-order chi connectivity index (χ1) is 11.2. The van der Waals surface area contributed by atoms with Crippen molar-refractivity contribution in [3.8, 4) is 17.0 Å². The Morgan fingerprint density at radius 2 is 1.78 bits per heavy atom. The number of nitrogens with zero attached hydrogens (tertiary/aromatic N) is 3. The number of aliphatic hydroxyl groups excluding tert-OH is 1. The van der Waals surface area contributed by atoms with Crippen molar-refractivity contribution in [2.75, 3.05) is 6.61 Å². The first kappa shape index (κ1) is 15.2. The van der Waals surface area contributed by atoms with Crippen LogP contribution in [0, 0.1) is 6.92 Å². The van der Waals surface area contributed by atoms with Crippen LogP contribution in [0.1, 0.15) is 5.56 Å². The van der Waals surface area contributed by atoms with Crippen LogP contribution < -0.4 is 4.74 Å². The lowest BCUT2D eigenvalue weighted by atomic mass is 10.2. The van der Waals surface area contributed by atoms with E-state index in [9.17, 15) is 5.11 Å². The lowest BCUT2D eigenvalue weighted by Gasteiger charge is -2.14. The minimum Gasteiger partial charge on any atom is -0.491 e. The molecule has 3 rings (SSSR count). The van der Waals surface area contributed by atoms with Crippen molar-refractivity contribution in [1.82, 2.24) is 14.8 Å². The summed E-state index contributed by atoms with van der Waals surface area (Å²) in [4.78, 5) is 4.02. The second-order valence-corrected chi connectivity index (χ2v) is 5.41. The van der Waals surface area contributed by atoms with Crippen LogP contribution >= 0.6 is 0 Å². The van der Waals surface area contributed by atoms with Gasteiger partial charge in [0.25, 0.3) is 0 Å². The van der Waals surface area contributed by atoms with E-state index >= 15 is 0 Å². The summed E-state index contributed by atoms with van der Waals surface area (Å²) < 4.78 is 7.39. The summed E-state index contributed by atoms with van der Waals surface area (Å²) in [5.74, 6) is 0.754. The van der Waals surface area contributed by atoms with Gasteiger partial charge in [-0.2, -0.15) is 5.10 Å². The van der Waals surface area contributed by atoms with Crippen LogP contribution in [-0.2, 0) is 6.54 Å². The van der Waals surface area contributed by atoms with E-state index in [0.717, 1.165) is 17.0 Å². The molecular weight excluding hydrogens is 290 g/mol. The van der Waals surface area contributed by atoms with E-state index in [-0.39, 0.29) is 6.61 Å². The summed E-state index contributed by atoms with van der Waals surface area (Å²) in [5.41, 5.74) is 3.14. The minimum atomic E-state index is -0.642. The molecule has 0 radical (unpaired) electrons. The van der Waals surface area contributed by atoms with Crippen LogP contribution in [-0.4, -0.2) is 32.6 Å². The van der Waals surface area contributed by atoms with E-state index in [2.05, 4.69) is 10.1 Å². The molecular formula is C18H19N3O2. The van der Waals surface area contributed by atoms with Gasteiger partial charge in [0.1, 0.15) is 18.5 Å². The van der Waals surface area contributed by atoms with Gasteiger partial charge in [-0.25, -0.2) is 0 Å². The molecule has 5 nitrogen and oxygen atoms in total. The van der Waals surface area contributed by atoms with Gasteiger partial charge in [0.15, 0.2) is 0 Å². The number of ether oxygens (including phenoxy) is 1. The van der Waals surface area contributed by atoms with Crippen molar-refractivity contribution in [2.45, 2.75) is 19.6 Å². The van der Waals surface area contributed by atoms with Gasteiger partial charge >= 0.3 is 0 Å². The first-order valence-electron chi connectivity index (χ1n) is 7.52. The molecule has 0 fully saturated rings. The predicted octanol–water partition coefficient (Wildman–Crippen LogP) is 2.69. The summed E-state index contributed by atoms with van der Waals surface area (Å²) in [7, 11) is 0. The second-order valence-electron chi connectivity index (χ2n) is 5.41. The van der Waals surface area contributed by atoms with Crippen molar-refractivity contribution in [3.05, 3.63) is 66.6 Å². The zero-order chi connectivity index (χ0) is 16.1. The molecule has 118 valence electrons. The summed E-state index contributed by atoms with van der Waals surface area (Å²) in [6.45, 7) is 2.62. The molecule has 0 spiro atoms. The van der Waals surface area contributed by atoms with Gasteiger partial charge in [0, 0.05) is 24.2 Å². The molecule has 0 aliphatic rings. The summed E-state index contributed by atoms with van der Waals surface area (Å²) in [5, 5.41) is 14.5. The van der Waals surface area contributed by atoms with Gasteiger partial charge in [-0.1, -0.05) is 17.7 Å². The van der Waals surface area contributed by atoms with Crippen molar-refractivity contribution in [3.63, 3.8) is 0 Å². The molecule has 23 heavy (non-hydrogen) atoms. The first-order valence-corrected chi connectivity index (χ1v) is 7.52. The number of hydrogen-bond acceptors (Lipinski definition) is 4. The average molecular weight is 309 g/mol. The molecule has 1 unspecified atom stereocenters. The van der Waals surface area contributed by atoms with Crippen LogP contribution in [0.4, 0.5) is 0 Å². The lowest BCUT2D eigenvalue weighted by Crippen LogP contribution is -2.24. The van der Waals surface area contributed by atoms with Crippen molar-refractivity contribution < 1.29 is 9.84 Å². The monoisotopic (exact) mass is 309 g/mol. The Kier molecular flexibility index (Phi) is 4.68. The van der Waals surface area contributed by atoms with Crippen molar-refractivity contribution in [2.24, 2.45) is 0 Å². The van der Waals surface area contributed by atoms with E-state index in [1.54, 1.807) is 23.3 Å². The van der Waals surface area contributed by atoms with Gasteiger partial charge < -0.3 is 9.84 Å². The Morgan fingerprint density at radius 1 is 1.04 bits per heavy atom. The number of aryl methyl sites for hydroxylation is 1. The lowest BCUT2D eigenvalue weighted by molar-refractivity contribution is 0.0898. The SMILES string of the molecule is Cc1ccc(OCC(O)Cn2nccc2-c2ccncc2)cc1. The number of pyridine rings is 1. The summed E-state index contributed by atoms with van der Waals surface area (Å²) in [6, 6.07) is 13.5. The fourth-order valence-corrected chi connectivity index (χ4v) is 2.33. The third-order valence-electron chi connectivity index (χ3n) is 3.54. The third kappa shape index (κ3) is 3.96. The normalized spacial score (nSPS) is 12.1. The van der Waals surface area contributed by atoms with Gasteiger partial charge in [-0.3, -0.25) is 9.67 Å². The fourth-order valence-electron chi connectivity index (χ4n) is 2.33. The Labute approximate surface area is 135 Å². The molecule has 1 aromatic carbocycles. The molecule has 1 N–H and O–H groups in total. The molecule has 2 heterocycles. The Hall–Kier alpha value is -2.66. The Balaban J connectivity index is 1.61. The van der Waals surface area contributed by atoms with Crippen molar-refractivity contribution in [1.29, 1.82) is 0 Å². The van der Waals surface area contributed by atoms with Crippen LogP contribution in [0.3, 0.4) is 0 Å². The maximum atomic E-state index is 10.2. The molecule has 0 saturated heterocycles. The molecule has 0 amide bonds. The van der Waals surface area contributed by atoms with Gasteiger partial charge in [0.2, 0.25) is 0 Å². The fraction of sp³-hybridized carbons (Fsp3) is 0.222. The molecule has 0 aliphatic heterocycles. The maximum absolute atomic E-state index is 10.2. The third-order valence-corrected chi connectivity index (χ3v) is 3.54. The zero-order valence-corrected chi connectivity index (χ0v) is 13.0. The molecule has 0 saturated carbocycles. The molecule has 0 aliphatic carbocycles. The summed E-state index contributed by atoms with van der Waals surface area (Å²) in [6.07, 6.45) is 4.56. The number of aromatic nitrogens is 3. The predicted molar refractivity (Wildman–Crippen MR) is 88.1 cm³/mol. The van der Waals surface area contributed by atoms with E-state index in [1.807, 2.05) is 49.4 Å². The van der Waals surface area contributed by atoms with Crippen molar-refractivity contribution >= 4 is 0 Å². The van der Waals surface area contributed by atoms with Gasteiger partial charge in [-0.15, -0.1) is 0 Å². The highest BCUT2D eigenvalue weighted by Crippen LogP contribution is 2.18. The van der Waals surface area contributed by atoms with Crippen LogP contribution in [0.25, 0.3) is 11.3 Å². The maximum Gasteiger partial charge on any atom is 0.119 e. The van der Waals surface area contributed by atoms with E-state index in [1.165, 1.54) is 5.56 Å². The highest BCUT2D eigenvalue weighted by atomic mass is 16.5. The zero-order valence-electron chi connectivity index (χ0n) is 13.0. The number of benzene rings is 1. The van der Waals surface area contributed by atoms with E-state index in [4.69, 9.17) is 4.74 Å². The second kappa shape index (κ2) is 7.07. The standard InChI is InChI=1S/C18H19N3O2/c1-14-2-4-17(5-3-14)23-13-16(22)12-21-18(8-11-20-21)15-6-9-19-10-7-15/h2-11,16,22H,12-13H2,1H3. The van der Waals surface area contributed by atoms with Gasteiger partial charge in [0.05, 0.1) is 12.2 Å². The van der Waals surface area contributed by atoms with Gasteiger partial charge in [-0.05, 0) is 37.3 Å². The smallest absolute Gasteiger partial charge is 0.119 e. The quantitative estimate of drug-likeness (QED) is 0.760. The average Bonchev–Trinajstić information content (AvgIpc) is 3.03.